The first-order chi connectivity index (χ1) is 1.73. The maximum atomic E-state index is 4.73. The van der Waals surface area contributed by atoms with Crippen LogP contribution in [0.25, 0.3) is 0 Å². The van der Waals surface area contributed by atoms with Crippen LogP contribution in [0.4, 0.5) is 0 Å². The SMILES string of the molecule is [CH2]C(N)=S. The lowest BCUT2D eigenvalue weighted by Crippen LogP contribution is -1.99. The molecule has 0 aliphatic heterocycles. The summed E-state index contributed by atoms with van der Waals surface area (Å²) in [6.45, 7) is 3.15. The predicted molar refractivity (Wildman–Crippen MR) is 22.1 cm³/mol. The minimum absolute atomic E-state index is 0.250. The summed E-state index contributed by atoms with van der Waals surface area (Å²) >= 11 is 4.20. The molecule has 23 valence electrons. The van der Waals surface area contributed by atoms with E-state index in [0.29, 0.717) is 0 Å². The number of hydrogen-bond acceptors (Lipinski definition) is 1. The molecular formula is C2H4NS. The summed E-state index contributed by atoms with van der Waals surface area (Å²) in [5.74, 6) is 0. The van der Waals surface area contributed by atoms with E-state index in [1.807, 2.05) is 0 Å². The zero-order valence-corrected chi connectivity index (χ0v) is 3.01. The van der Waals surface area contributed by atoms with Crippen molar-refractivity contribution in [3.05, 3.63) is 6.92 Å². The smallest absolute Gasteiger partial charge is 0.0731 e. The summed E-state index contributed by atoms with van der Waals surface area (Å²) in [6.07, 6.45) is 0. The molecule has 0 aromatic carbocycles. The van der Waals surface area contributed by atoms with Crippen LogP contribution in [0.15, 0.2) is 0 Å². The maximum absolute atomic E-state index is 4.73. The average molecular weight is 74.1 g/mol. The third-order valence-corrected chi connectivity index (χ3v) is 0. The lowest BCUT2D eigenvalue weighted by atomic mass is 10.8. The van der Waals surface area contributed by atoms with Crippen molar-refractivity contribution >= 4 is 17.2 Å². The van der Waals surface area contributed by atoms with E-state index in [1.54, 1.807) is 0 Å². The zero-order chi connectivity index (χ0) is 3.58. The molecule has 0 atom stereocenters. The average Bonchev–Trinajstić information content (AvgIpc) is 0.811. The molecule has 2 heteroatoms. The van der Waals surface area contributed by atoms with Crippen LogP contribution in [0.5, 0.6) is 0 Å². The Balaban J connectivity index is 2.80. The van der Waals surface area contributed by atoms with Crippen LogP contribution in [-0.4, -0.2) is 4.99 Å². The lowest BCUT2D eigenvalue weighted by molar-refractivity contribution is 1.84. The van der Waals surface area contributed by atoms with Gasteiger partial charge in [0.05, 0.1) is 4.99 Å². The normalized spacial score (nSPS) is 6.25. The topological polar surface area (TPSA) is 26.0 Å². The lowest BCUT2D eigenvalue weighted by Gasteiger charge is -1.65. The minimum atomic E-state index is 0.250. The Kier molecular flexibility index (Phi) is 1.20. The molecule has 1 radical (unpaired) electrons. The van der Waals surface area contributed by atoms with Crippen molar-refractivity contribution < 1.29 is 0 Å². The van der Waals surface area contributed by atoms with Crippen molar-refractivity contribution in [2.24, 2.45) is 5.73 Å². The predicted octanol–water partition coefficient (Wildman–Crippen LogP) is 0.107. The first-order valence-corrected chi connectivity index (χ1v) is 1.25. The number of nitrogens with two attached hydrogens (primary N) is 1. The van der Waals surface area contributed by atoms with Crippen molar-refractivity contribution in [2.45, 2.75) is 0 Å². The highest BCUT2D eigenvalue weighted by Gasteiger charge is 1.55. The quantitative estimate of drug-likeness (QED) is 0.412. The van der Waals surface area contributed by atoms with E-state index in [0.717, 1.165) is 0 Å². The summed E-state index contributed by atoms with van der Waals surface area (Å²) in [7, 11) is 0. The number of hydrogen-bond donors (Lipinski definition) is 1. The minimum Gasteiger partial charge on any atom is -0.393 e. The molecule has 0 aromatic heterocycles. The molecule has 2 N–H and O–H groups in total. The van der Waals surface area contributed by atoms with Gasteiger partial charge >= 0.3 is 0 Å². The molecule has 0 aliphatic rings. The molecule has 0 amide bonds. The molecule has 0 spiro atoms. The third kappa shape index (κ3) is 124. The Morgan fingerprint density at radius 2 is 2.00 bits per heavy atom. The second-order valence-corrected chi connectivity index (χ2v) is 0.991. The van der Waals surface area contributed by atoms with E-state index in [-0.39, 0.29) is 4.99 Å². The molecule has 0 saturated heterocycles. The van der Waals surface area contributed by atoms with Crippen LogP contribution in [0.3, 0.4) is 0 Å². The van der Waals surface area contributed by atoms with Crippen LogP contribution in [0.2, 0.25) is 0 Å². The Bertz CT molecular complexity index is 29.0. The van der Waals surface area contributed by atoms with E-state index in [1.165, 1.54) is 0 Å². The maximum Gasteiger partial charge on any atom is 0.0731 e. The van der Waals surface area contributed by atoms with Crippen molar-refractivity contribution in [2.75, 3.05) is 0 Å². The molecular weight excluding hydrogens is 70.1 g/mol. The van der Waals surface area contributed by atoms with Crippen LogP contribution >= 0.6 is 12.2 Å². The molecule has 1 nitrogen and oxygen atoms in total. The molecule has 4 heavy (non-hydrogen) atoms. The van der Waals surface area contributed by atoms with Gasteiger partial charge in [-0.2, -0.15) is 0 Å². The van der Waals surface area contributed by atoms with Crippen molar-refractivity contribution in [3.63, 3.8) is 0 Å². The number of thiocarbonyl (C=S) groups is 1. The summed E-state index contributed by atoms with van der Waals surface area (Å²) in [5.41, 5.74) is 4.73. The Morgan fingerprint density at radius 1 is 2.00 bits per heavy atom. The number of rotatable bonds is 0. The van der Waals surface area contributed by atoms with Crippen molar-refractivity contribution in [1.29, 1.82) is 0 Å². The fraction of sp³-hybridized carbons (Fsp3) is 0. The van der Waals surface area contributed by atoms with Gasteiger partial charge in [0.15, 0.2) is 0 Å². The molecule has 0 aromatic rings. The Morgan fingerprint density at radius 3 is 2.00 bits per heavy atom. The summed E-state index contributed by atoms with van der Waals surface area (Å²) in [6, 6.07) is 0. The van der Waals surface area contributed by atoms with E-state index in [4.69, 9.17) is 5.73 Å². The van der Waals surface area contributed by atoms with Gasteiger partial charge in [0.2, 0.25) is 0 Å². The molecule has 0 aliphatic carbocycles. The van der Waals surface area contributed by atoms with Crippen molar-refractivity contribution in [3.8, 4) is 0 Å². The first-order valence-electron chi connectivity index (χ1n) is 0.846. The van der Waals surface area contributed by atoms with Gasteiger partial charge in [-0.05, 0) is 0 Å². The van der Waals surface area contributed by atoms with Gasteiger partial charge in [-0.25, -0.2) is 0 Å². The third-order valence-electron chi connectivity index (χ3n) is 0. The van der Waals surface area contributed by atoms with Gasteiger partial charge in [-0.1, -0.05) is 12.2 Å². The van der Waals surface area contributed by atoms with Gasteiger partial charge in [0.25, 0.3) is 0 Å². The molecule has 0 bridgehead atoms. The highest BCUT2D eigenvalue weighted by Crippen LogP contribution is 1.46. The van der Waals surface area contributed by atoms with Crippen LogP contribution in [0, 0.1) is 6.92 Å². The van der Waals surface area contributed by atoms with Crippen molar-refractivity contribution in [1.82, 2.24) is 0 Å². The molecule has 0 rings (SSSR count). The highest BCUT2D eigenvalue weighted by atomic mass is 32.1. The van der Waals surface area contributed by atoms with Gasteiger partial charge in [0, 0.05) is 6.92 Å². The largest absolute Gasteiger partial charge is 0.393 e. The van der Waals surface area contributed by atoms with Crippen LogP contribution < -0.4 is 5.73 Å². The molecule has 0 heterocycles. The molecule has 0 fully saturated rings. The molecule has 0 unspecified atom stereocenters. The van der Waals surface area contributed by atoms with E-state index in [2.05, 4.69) is 19.1 Å². The van der Waals surface area contributed by atoms with Crippen LogP contribution in [-0.2, 0) is 0 Å². The molecule has 0 saturated carbocycles. The zero-order valence-electron chi connectivity index (χ0n) is 2.19. The fourth-order valence-corrected chi connectivity index (χ4v) is 0. The summed E-state index contributed by atoms with van der Waals surface area (Å²) < 4.78 is 0. The summed E-state index contributed by atoms with van der Waals surface area (Å²) in [5, 5.41) is 0. The standard InChI is InChI=1S/C2H4NS/c1-2(3)4/h1H2,(H2,3,4). The van der Waals surface area contributed by atoms with Gasteiger partial charge in [0.1, 0.15) is 0 Å². The first kappa shape index (κ1) is 3.89. The van der Waals surface area contributed by atoms with E-state index >= 15 is 0 Å². The Hall–Kier alpha value is -0.110. The monoisotopic (exact) mass is 74.0 g/mol. The second-order valence-electron chi connectivity index (χ2n) is 0.466. The van der Waals surface area contributed by atoms with Gasteiger partial charge in [-0.15, -0.1) is 0 Å². The van der Waals surface area contributed by atoms with Gasteiger partial charge in [-0.3, -0.25) is 0 Å². The van der Waals surface area contributed by atoms with E-state index in [9.17, 15) is 0 Å². The van der Waals surface area contributed by atoms with Gasteiger partial charge < -0.3 is 5.73 Å². The fourth-order valence-electron chi connectivity index (χ4n) is 0. The van der Waals surface area contributed by atoms with E-state index < -0.39 is 0 Å². The van der Waals surface area contributed by atoms with Crippen LogP contribution in [0.1, 0.15) is 0 Å². The second kappa shape index (κ2) is 1.24. The highest BCUT2D eigenvalue weighted by molar-refractivity contribution is 7.80. The Labute approximate surface area is 30.8 Å². The summed E-state index contributed by atoms with van der Waals surface area (Å²) in [4.78, 5) is 0.250.